The van der Waals surface area contributed by atoms with Gasteiger partial charge in [-0.2, -0.15) is 0 Å². The van der Waals surface area contributed by atoms with E-state index in [1.54, 1.807) is 48.5 Å². The predicted molar refractivity (Wildman–Crippen MR) is 183 cm³/mol. The van der Waals surface area contributed by atoms with Crippen molar-refractivity contribution in [1.82, 2.24) is 0 Å². The largest absolute Gasteiger partial charge is 0.508 e. The lowest BCUT2D eigenvalue weighted by Gasteiger charge is -2.31. The third-order valence-electron chi connectivity index (χ3n) is 9.08. The first-order valence-corrected chi connectivity index (χ1v) is 16.3. The Morgan fingerprint density at radius 3 is 0.864 bits per heavy atom. The van der Waals surface area contributed by atoms with Gasteiger partial charge in [0.25, 0.3) is 0 Å². The van der Waals surface area contributed by atoms with Gasteiger partial charge in [-0.1, -0.05) is 128 Å². The molecule has 0 fully saturated rings. The maximum Gasteiger partial charge on any atom is 0.115 e. The van der Waals surface area contributed by atoms with E-state index >= 15 is 0 Å². The maximum atomic E-state index is 9.57. The number of hydrogen-bond acceptors (Lipinski definition) is 4. The lowest BCUT2D eigenvalue weighted by Crippen LogP contribution is -2.23. The molecule has 4 aromatic rings. The van der Waals surface area contributed by atoms with E-state index in [0.717, 1.165) is 19.3 Å². The molecule has 4 N–H and O–H groups in total. The molecule has 0 unspecified atom stereocenters. The van der Waals surface area contributed by atoms with Crippen molar-refractivity contribution in [2.24, 2.45) is 0 Å². The third kappa shape index (κ3) is 9.54. The molecule has 0 saturated carbocycles. The van der Waals surface area contributed by atoms with Crippen LogP contribution in [0.25, 0.3) is 0 Å². The highest BCUT2D eigenvalue weighted by molar-refractivity contribution is 5.43. The molecule has 0 heterocycles. The molecule has 0 saturated heterocycles. The first-order valence-electron chi connectivity index (χ1n) is 16.3. The minimum Gasteiger partial charge on any atom is -0.508 e. The van der Waals surface area contributed by atoms with Crippen LogP contribution in [0.5, 0.6) is 23.0 Å². The molecule has 4 aromatic carbocycles. The number of phenols is 4. The first kappa shape index (κ1) is 34.6. The third-order valence-corrected chi connectivity index (χ3v) is 9.08. The van der Waals surface area contributed by atoms with Gasteiger partial charge in [-0.15, -0.1) is 0 Å². The van der Waals surface area contributed by atoms with Gasteiger partial charge >= 0.3 is 0 Å². The smallest absolute Gasteiger partial charge is 0.115 e. The SMILES string of the molecule is CCCCCC(C)(c1ccc(O)cc1)c1ccc(O)cc1.CCCCCCCC(C)(c1ccc(O)cc1)c1ccc(O)cc1. The molecule has 0 aliphatic heterocycles. The van der Waals surface area contributed by atoms with Gasteiger partial charge in [-0.3, -0.25) is 0 Å². The van der Waals surface area contributed by atoms with E-state index in [1.165, 1.54) is 67.2 Å². The van der Waals surface area contributed by atoms with Gasteiger partial charge in [0, 0.05) is 10.8 Å². The summed E-state index contributed by atoms with van der Waals surface area (Å²) in [4.78, 5) is 0. The second kappa shape index (κ2) is 16.8. The number of aromatic hydroxyl groups is 4. The molecule has 0 radical (unpaired) electrons. The van der Waals surface area contributed by atoms with Crippen LogP contribution >= 0.6 is 0 Å². The summed E-state index contributed by atoms with van der Waals surface area (Å²) in [6.07, 6.45) is 12.0. The van der Waals surface area contributed by atoms with Gasteiger partial charge in [0.15, 0.2) is 0 Å². The Labute approximate surface area is 265 Å². The van der Waals surface area contributed by atoms with Crippen LogP contribution in [0, 0.1) is 0 Å². The van der Waals surface area contributed by atoms with Gasteiger partial charge < -0.3 is 20.4 Å². The van der Waals surface area contributed by atoms with E-state index in [-0.39, 0.29) is 10.8 Å². The van der Waals surface area contributed by atoms with Crippen molar-refractivity contribution in [3.8, 4) is 23.0 Å². The first-order chi connectivity index (χ1) is 21.1. The molecular weight excluding hydrogens is 544 g/mol. The maximum absolute atomic E-state index is 9.57. The number of benzene rings is 4. The highest BCUT2D eigenvalue weighted by atomic mass is 16.3. The summed E-state index contributed by atoms with van der Waals surface area (Å²) in [5.74, 6) is 1.18. The summed E-state index contributed by atoms with van der Waals surface area (Å²) >= 11 is 0. The van der Waals surface area contributed by atoms with E-state index in [1.807, 2.05) is 48.5 Å². The van der Waals surface area contributed by atoms with Gasteiger partial charge in [-0.05, 0) is 83.6 Å². The molecular formula is C40H52O4. The second-order valence-electron chi connectivity index (χ2n) is 12.5. The zero-order chi connectivity index (χ0) is 32.0. The normalized spacial score (nSPS) is 11.5. The Morgan fingerprint density at radius 2 is 0.591 bits per heavy atom. The summed E-state index contributed by atoms with van der Waals surface area (Å²) in [6.45, 7) is 8.93. The van der Waals surface area contributed by atoms with Crippen LogP contribution in [-0.2, 0) is 10.8 Å². The molecule has 44 heavy (non-hydrogen) atoms. The Balaban J connectivity index is 0.000000241. The second-order valence-corrected chi connectivity index (χ2v) is 12.5. The number of unbranched alkanes of at least 4 members (excludes halogenated alkanes) is 6. The Morgan fingerprint density at radius 1 is 0.364 bits per heavy atom. The number of rotatable bonds is 14. The standard InChI is InChI=1S/C21H28O2.C19H24O2/c1-3-4-5-6-7-16-21(2,17-8-12-19(22)13-9-17)18-10-14-20(23)15-11-18;1-3-4-5-14-19(2,15-6-10-17(20)11-7-15)16-8-12-18(21)13-9-16/h8-15,22-23H,3-7,16H2,1-2H3;6-13,20-21H,3-5,14H2,1-2H3. The molecule has 0 amide bonds. The van der Waals surface area contributed by atoms with Gasteiger partial charge in [0.05, 0.1) is 0 Å². The molecule has 0 aliphatic carbocycles. The zero-order valence-corrected chi connectivity index (χ0v) is 27.1. The average molecular weight is 597 g/mol. The summed E-state index contributed by atoms with van der Waals surface area (Å²) in [6, 6.07) is 30.0. The summed E-state index contributed by atoms with van der Waals surface area (Å²) < 4.78 is 0. The fourth-order valence-corrected chi connectivity index (χ4v) is 6.04. The molecule has 0 aliphatic rings. The Hall–Kier alpha value is -3.92. The van der Waals surface area contributed by atoms with Crippen LogP contribution < -0.4 is 0 Å². The zero-order valence-electron chi connectivity index (χ0n) is 27.1. The average Bonchev–Trinajstić information content (AvgIpc) is 3.02. The van der Waals surface area contributed by atoms with Crippen LogP contribution in [0.15, 0.2) is 97.1 Å². The van der Waals surface area contributed by atoms with Crippen LogP contribution in [-0.4, -0.2) is 20.4 Å². The van der Waals surface area contributed by atoms with Crippen LogP contribution in [0.4, 0.5) is 0 Å². The molecule has 0 spiro atoms. The van der Waals surface area contributed by atoms with Crippen molar-refractivity contribution in [3.05, 3.63) is 119 Å². The van der Waals surface area contributed by atoms with Crippen molar-refractivity contribution >= 4 is 0 Å². The fourth-order valence-electron chi connectivity index (χ4n) is 6.04. The van der Waals surface area contributed by atoms with Crippen molar-refractivity contribution in [1.29, 1.82) is 0 Å². The predicted octanol–water partition coefficient (Wildman–Crippen LogP) is 10.7. The van der Waals surface area contributed by atoms with Crippen LogP contribution in [0.3, 0.4) is 0 Å². The monoisotopic (exact) mass is 596 g/mol. The lowest BCUT2D eigenvalue weighted by molar-refractivity contribution is 0.461. The summed E-state index contributed by atoms with van der Waals surface area (Å²) in [5.41, 5.74) is 4.60. The summed E-state index contributed by atoms with van der Waals surface area (Å²) in [7, 11) is 0. The highest BCUT2D eigenvalue weighted by Crippen LogP contribution is 2.39. The van der Waals surface area contributed by atoms with E-state index in [4.69, 9.17) is 0 Å². The Bertz CT molecular complexity index is 1270. The van der Waals surface area contributed by atoms with Crippen LogP contribution in [0.1, 0.15) is 114 Å². The molecule has 0 atom stereocenters. The van der Waals surface area contributed by atoms with Gasteiger partial charge in [0.1, 0.15) is 23.0 Å². The van der Waals surface area contributed by atoms with E-state index in [2.05, 4.69) is 27.7 Å². The van der Waals surface area contributed by atoms with Crippen LogP contribution in [0.2, 0.25) is 0 Å². The van der Waals surface area contributed by atoms with Crippen molar-refractivity contribution in [3.63, 3.8) is 0 Å². The minimum absolute atomic E-state index is 0.101. The van der Waals surface area contributed by atoms with Crippen molar-refractivity contribution in [2.45, 2.75) is 103 Å². The van der Waals surface area contributed by atoms with Gasteiger partial charge in [-0.25, -0.2) is 0 Å². The van der Waals surface area contributed by atoms with Gasteiger partial charge in [0.2, 0.25) is 0 Å². The summed E-state index contributed by atoms with van der Waals surface area (Å²) in [5, 5.41) is 38.2. The topological polar surface area (TPSA) is 80.9 Å². The fraction of sp³-hybridized carbons (Fsp3) is 0.400. The molecule has 236 valence electrons. The molecule has 4 rings (SSSR count). The molecule has 0 bridgehead atoms. The highest BCUT2D eigenvalue weighted by Gasteiger charge is 2.29. The lowest BCUT2D eigenvalue weighted by atomic mass is 9.72. The van der Waals surface area contributed by atoms with Crippen molar-refractivity contribution < 1.29 is 20.4 Å². The molecule has 0 aromatic heterocycles. The van der Waals surface area contributed by atoms with E-state index in [0.29, 0.717) is 23.0 Å². The molecule has 4 heteroatoms. The quantitative estimate of drug-likeness (QED) is 0.109. The minimum atomic E-state index is -0.104. The van der Waals surface area contributed by atoms with E-state index < -0.39 is 0 Å². The molecule has 4 nitrogen and oxygen atoms in total. The van der Waals surface area contributed by atoms with Crippen molar-refractivity contribution in [2.75, 3.05) is 0 Å². The Kier molecular flexibility index (Phi) is 13.2. The number of phenolic OH excluding ortho intramolecular Hbond substituents is 4. The number of hydrogen-bond donors (Lipinski definition) is 4. The van der Waals surface area contributed by atoms with E-state index in [9.17, 15) is 20.4 Å².